The summed E-state index contributed by atoms with van der Waals surface area (Å²) in [5.41, 5.74) is 2.78. The number of ketones is 1. The van der Waals surface area contributed by atoms with Crippen LogP contribution in [0, 0.1) is 0 Å². The fraction of sp³-hybridized carbons (Fsp3) is 0.462. The Bertz CT molecular complexity index is 493. The molecule has 0 aliphatic heterocycles. The van der Waals surface area contributed by atoms with Crippen LogP contribution in [0.5, 0.6) is 0 Å². The third-order valence-corrected chi connectivity index (χ3v) is 3.33. The van der Waals surface area contributed by atoms with Crippen LogP contribution in [-0.4, -0.2) is 16.6 Å². The Morgan fingerprint density at radius 1 is 1.65 bits per heavy atom. The summed E-state index contributed by atoms with van der Waals surface area (Å²) in [4.78, 5) is 11.7. The maximum atomic E-state index is 11.7. The Labute approximate surface area is 107 Å². The van der Waals surface area contributed by atoms with Crippen LogP contribution in [0.2, 0.25) is 0 Å². The third kappa shape index (κ3) is 2.27. The first-order valence-corrected chi connectivity index (χ1v) is 6.54. The quantitative estimate of drug-likeness (QED) is 0.612. The van der Waals surface area contributed by atoms with Gasteiger partial charge in [0.1, 0.15) is 5.76 Å². The van der Waals surface area contributed by atoms with Gasteiger partial charge in [-0.3, -0.25) is 4.79 Å². The minimum absolute atomic E-state index is 0.0547. The molecule has 1 aromatic heterocycles. The van der Waals surface area contributed by atoms with Crippen LogP contribution in [-0.2, 0) is 17.7 Å². The van der Waals surface area contributed by atoms with Gasteiger partial charge in [-0.1, -0.05) is 0 Å². The summed E-state index contributed by atoms with van der Waals surface area (Å²) in [5, 5.41) is 0. The van der Waals surface area contributed by atoms with Crippen molar-refractivity contribution in [2.45, 2.75) is 26.2 Å². The van der Waals surface area contributed by atoms with Crippen molar-refractivity contribution in [2.75, 3.05) is 6.23 Å². The molecule has 0 fully saturated rings. The van der Waals surface area contributed by atoms with Crippen molar-refractivity contribution in [1.29, 1.82) is 0 Å². The van der Waals surface area contributed by atoms with Crippen LogP contribution >= 0.6 is 12.0 Å². The molecule has 0 amide bonds. The van der Waals surface area contributed by atoms with Gasteiger partial charge >= 0.3 is 0 Å². The highest BCUT2D eigenvalue weighted by atomic mass is 32.2. The molecule has 0 N–H and O–H groups in total. The van der Waals surface area contributed by atoms with E-state index in [1.165, 1.54) is 0 Å². The number of fused-ring (bicyclic) bond motifs is 1. The lowest BCUT2D eigenvalue weighted by Gasteiger charge is -2.08. The summed E-state index contributed by atoms with van der Waals surface area (Å²) in [7, 11) is 1.96. The van der Waals surface area contributed by atoms with Gasteiger partial charge in [0.25, 0.3) is 0 Å². The maximum absolute atomic E-state index is 11.7. The summed E-state index contributed by atoms with van der Waals surface area (Å²) in [6.45, 7) is 1.58. The number of carbonyl (C=O) groups excluding carboxylic acids is 1. The normalized spacial score (nSPS) is 15.6. The zero-order valence-corrected chi connectivity index (χ0v) is 11.0. The lowest BCUT2D eigenvalue weighted by molar-refractivity contribution is 0.101. The minimum atomic E-state index is 0.0547. The number of allylic oxidation sites excluding steroid dienone is 1. The molecule has 92 valence electrons. The second-order valence-electron chi connectivity index (χ2n) is 4.19. The van der Waals surface area contributed by atoms with Crippen LogP contribution in [0.4, 0.5) is 0 Å². The minimum Gasteiger partial charge on any atom is -0.426 e. The molecule has 4 heteroatoms. The third-order valence-electron chi connectivity index (χ3n) is 3.03. The van der Waals surface area contributed by atoms with E-state index in [0.717, 1.165) is 48.3 Å². The van der Waals surface area contributed by atoms with Crippen molar-refractivity contribution in [3.63, 3.8) is 0 Å². The van der Waals surface area contributed by atoms with Crippen LogP contribution in [0.15, 0.2) is 12.3 Å². The van der Waals surface area contributed by atoms with Gasteiger partial charge in [-0.15, -0.1) is 0 Å². The molecule has 1 heterocycles. The van der Waals surface area contributed by atoms with Crippen molar-refractivity contribution in [3.05, 3.63) is 29.1 Å². The summed E-state index contributed by atoms with van der Waals surface area (Å²) < 4.78 is 14.7. The van der Waals surface area contributed by atoms with E-state index in [-0.39, 0.29) is 12.0 Å². The number of Topliss-reactive ketones (excluding diaryl/α,β-unsaturated/α-hetero) is 1. The van der Waals surface area contributed by atoms with Gasteiger partial charge in [0.15, 0.2) is 5.78 Å². The first-order chi connectivity index (χ1) is 8.65. The topological polar surface area (TPSA) is 31.2 Å². The molecule has 0 spiro atoms. The Hall–Kier alpha value is -1.16. The Balaban J connectivity index is 2.48. The Morgan fingerprint density at radius 3 is 3.18 bits per heavy atom. The smallest absolute Gasteiger partial charge is 0.162 e. The zero-order valence-electron chi connectivity index (χ0n) is 11.2. The van der Waals surface area contributed by atoms with Gasteiger partial charge in [-0.25, -0.2) is 0 Å². The summed E-state index contributed by atoms with van der Waals surface area (Å²) >= 11 is 1.09. The largest absolute Gasteiger partial charge is 0.426 e. The highest BCUT2D eigenvalue weighted by Gasteiger charge is 2.23. The Morgan fingerprint density at radius 2 is 2.47 bits per heavy atom. The van der Waals surface area contributed by atoms with E-state index in [0.29, 0.717) is 5.56 Å². The van der Waals surface area contributed by atoms with Gasteiger partial charge in [-0.05, 0) is 32.3 Å². The van der Waals surface area contributed by atoms with Gasteiger partial charge in [0.2, 0.25) is 0 Å². The average Bonchev–Trinajstić information content (AvgIpc) is 2.55. The molecule has 1 aliphatic carbocycles. The summed E-state index contributed by atoms with van der Waals surface area (Å²) in [6, 6.07) is 0. The number of hydrogen-bond acceptors (Lipinski definition) is 3. The molecule has 0 unspecified atom stereocenters. The number of aromatic nitrogens is 1. The predicted molar refractivity (Wildman–Crippen MR) is 70.9 cm³/mol. The van der Waals surface area contributed by atoms with E-state index < -0.39 is 0 Å². The average molecular weight is 253 g/mol. The lowest BCUT2D eigenvalue weighted by atomic mass is 10.1. The van der Waals surface area contributed by atoms with E-state index >= 15 is 0 Å². The fourth-order valence-corrected chi connectivity index (χ4v) is 2.53. The lowest BCUT2D eigenvalue weighted by Crippen LogP contribution is -1.99. The van der Waals surface area contributed by atoms with E-state index in [9.17, 15) is 4.79 Å². The van der Waals surface area contributed by atoms with Gasteiger partial charge < -0.3 is 8.75 Å². The second kappa shape index (κ2) is 5.00. The highest BCUT2D eigenvalue weighted by molar-refractivity contribution is 7.94. The van der Waals surface area contributed by atoms with E-state index in [4.69, 9.17) is 5.55 Å². The SMILES string of the molecule is [3H]CSOC1=CCCCc2c1c(C(C)=O)cn2C. The molecule has 0 atom stereocenters. The first kappa shape index (κ1) is 11.0. The zero-order chi connectivity index (χ0) is 13.1. The van der Waals surface area contributed by atoms with Crippen LogP contribution < -0.4 is 0 Å². The first-order valence-electron chi connectivity index (χ1n) is 6.34. The number of aryl methyl sites for hydroxylation is 1. The maximum Gasteiger partial charge on any atom is 0.162 e. The number of rotatable bonds is 3. The molecule has 0 saturated heterocycles. The van der Waals surface area contributed by atoms with Crippen LogP contribution in [0.3, 0.4) is 0 Å². The van der Waals surface area contributed by atoms with Crippen LogP contribution in [0.25, 0.3) is 5.76 Å². The molecule has 17 heavy (non-hydrogen) atoms. The van der Waals surface area contributed by atoms with Crippen LogP contribution in [0.1, 0.15) is 42.8 Å². The highest BCUT2D eigenvalue weighted by Crippen LogP contribution is 2.32. The molecule has 0 bridgehead atoms. The van der Waals surface area contributed by atoms with E-state index in [2.05, 4.69) is 0 Å². The standard InChI is InChI=1S/C13H17NO2S/c1-9(15)10-8-14(2)11-6-4-5-7-12(13(10)11)16-17-3/h7-8H,4-6H2,1-3H3/i3T. The Kier molecular flexibility index (Phi) is 3.22. The van der Waals surface area contributed by atoms with E-state index in [1.54, 1.807) is 6.92 Å². The van der Waals surface area contributed by atoms with Crippen molar-refractivity contribution in [1.82, 2.24) is 4.57 Å². The molecule has 0 saturated carbocycles. The second-order valence-corrected chi connectivity index (χ2v) is 4.60. The molecular weight excluding hydrogens is 234 g/mol. The molecule has 0 radical (unpaired) electrons. The molecule has 2 rings (SSSR count). The van der Waals surface area contributed by atoms with Gasteiger partial charge in [-0.2, -0.15) is 0 Å². The number of hydrogen-bond donors (Lipinski definition) is 0. The van der Waals surface area contributed by atoms with Crippen molar-refractivity contribution in [2.24, 2.45) is 7.05 Å². The van der Waals surface area contributed by atoms with Crippen molar-refractivity contribution in [3.8, 4) is 0 Å². The predicted octanol–water partition coefficient (Wildman–Crippen LogP) is 3.20. The van der Waals surface area contributed by atoms with E-state index in [1.807, 2.05) is 23.9 Å². The molecule has 0 aromatic carbocycles. The molecular formula is C13H17NO2S. The monoisotopic (exact) mass is 253 g/mol. The number of carbonyl (C=O) groups is 1. The molecule has 1 aromatic rings. The summed E-state index contributed by atoms with van der Waals surface area (Å²) in [5.74, 6) is 0.796. The number of nitrogens with zero attached hydrogens (tertiary/aromatic N) is 1. The molecule has 1 aliphatic rings. The van der Waals surface area contributed by atoms with Gasteiger partial charge in [0.05, 0.1) is 12.0 Å². The van der Waals surface area contributed by atoms with Crippen molar-refractivity contribution < 1.29 is 10.3 Å². The molecule has 3 nitrogen and oxygen atoms in total. The fourth-order valence-electron chi connectivity index (χ4n) is 2.26. The van der Waals surface area contributed by atoms with Crippen molar-refractivity contribution >= 4 is 23.6 Å². The van der Waals surface area contributed by atoms with Gasteiger partial charge in [0, 0.05) is 37.7 Å². The summed E-state index contributed by atoms with van der Waals surface area (Å²) in [6.07, 6.45) is 7.01.